The van der Waals surface area contributed by atoms with E-state index in [1.807, 2.05) is 12.1 Å². The predicted molar refractivity (Wildman–Crippen MR) is 104 cm³/mol. The van der Waals surface area contributed by atoms with E-state index in [0.717, 1.165) is 38.6 Å². The smallest absolute Gasteiger partial charge is 0.337 e. The molecule has 5 nitrogen and oxygen atoms in total. The summed E-state index contributed by atoms with van der Waals surface area (Å²) in [5.74, 6) is 0.721. The second-order valence-electron chi connectivity index (χ2n) is 5.37. The zero-order valence-electron chi connectivity index (χ0n) is 13.9. The highest BCUT2D eigenvalue weighted by Gasteiger charge is 2.15. The molecule has 0 spiro atoms. The van der Waals surface area contributed by atoms with E-state index in [9.17, 15) is 4.79 Å². The first-order valence-electron chi connectivity index (χ1n) is 7.95. The van der Waals surface area contributed by atoms with E-state index in [0.29, 0.717) is 5.56 Å². The van der Waals surface area contributed by atoms with Crippen LogP contribution in [-0.2, 0) is 11.2 Å². The Hall–Kier alpha value is -1.31. The normalized spacial score (nSPS) is 14.3. The van der Waals surface area contributed by atoms with Crippen LogP contribution in [0.3, 0.4) is 0 Å². The van der Waals surface area contributed by atoms with Gasteiger partial charge in [-0.1, -0.05) is 12.1 Å². The third-order valence-electron chi connectivity index (χ3n) is 3.78. The number of benzene rings is 1. The van der Waals surface area contributed by atoms with Crippen molar-refractivity contribution in [3.05, 3.63) is 35.4 Å². The molecular weight excluding hydrogens is 405 g/mol. The van der Waals surface area contributed by atoms with Crippen LogP contribution < -0.4 is 5.32 Å². The van der Waals surface area contributed by atoms with Crippen molar-refractivity contribution >= 4 is 35.9 Å². The molecule has 0 aliphatic carbocycles. The van der Waals surface area contributed by atoms with Crippen LogP contribution in [0.4, 0.5) is 0 Å². The van der Waals surface area contributed by atoms with Crippen LogP contribution in [0.5, 0.6) is 0 Å². The fourth-order valence-corrected chi connectivity index (χ4v) is 2.57. The highest BCUT2D eigenvalue weighted by molar-refractivity contribution is 14.0. The van der Waals surface area contributed by atoms with E-state index in [1.165, 1.54) is 25.5 Å². The molecule has 1 N–H and O–H groups in total. The molecule has 0 saturated carbocycles. The molecular formula is C17H26IN3O2. The summed E-state index contributed by atoms with van der Waals surface area (Å²) < 4.78 is 4.70. The number of hydrogen-bond acceptors (Lipinski definition) is 3. The number of carbonyl (C=O) groups excluding carboxylic acids is 1. The number of ether oxygens (including phenoxy) is 1. The highest BCUT2D eigenvalue weighted by Crippen LogP contribution is 2.09. The van der Waals surface area contributed by atoms with Crippen LogP contribution in [0.15, 0.2) is 29.3 Å². The monoisotopic (exact) mass is 431 g/mol. The zero-order valence-corrected chi connectivity index (χ0v) is 16.2. The summed E-state index contributed by atoms with van der Waals surface area (Å²) in [6.07, 6.45) is 3.36. The van der Waals surface area contributed by atoms with Crippen molar-refractivity contribution in [2.24, 2.45) is 4.99 Å². The van der Waals surface area contributed by atoms with E-state index in [2.05, 4.69) is 17.1 Å². The summed E-state index contributed by atoms with van der Waals surface area (Å²) in [5, 5.41) is 3.36. The summed E-state index contributed by atoms with van der Waals surface area (Å²) in [6, 6.07) is 7.53. The van der Waals surface area contributed by atoms with Gasteiger partial charge in [-0.3, -0.25) is 4.99 Å². The maximum atomic E-state index is 11.4. The van der Waals surface area contributed by atoms with Gasteiger partial charge in [0.05, 0.1) is 12.7 Å². The van der Waals surface area contributed by atoms with E-state index in [-0.39, 0.29) is 29.9 Å². The quantitative estimate of drug-likeness (QED) is 0.337. The number of halogens is 1. The molecule has 1 saturated heterocycles. The molecule has 128 valence electrons. The van der Waals surface area contributed by atoms with E-state index < -0.39 is 0 Å². The van der Waals surface area contributed by atoms with Crippen molar-refractivity contribution in [2.45, 2.75) is 26.2 Å². The van der Waals surface area contributed by atoms with Crippen molar-refractivity contribution < 1.29 is 9.53 Å². The van der Waals surface area contributed by atoms with Crippen LogP contribution in [0.1, 0.15) is 35.7 Å². The zero-order chi connectivity index (χ0) is 15.8. The molecule has 0 unspecified atom stereocenters. The fourth-order valence-electron chi connectivity index (χ4n) is 2.57. The van der Waals surface area contributed by atoms with Gasteiger partial charge in [-0.2, -0.15) is 0 Å². The molecule has 1 aliphatic heterocycles. The molecule has 1 aromatic carbocycles. The third-order valence-corrected chi connectivity index (χ3v) is 3.78. The first kappa shape index (κ1) is 19.7. The minimum atomic E-state index is -0.298. The molecule has 1 heterocycles. The van der Waals surface area contributed by atoms with Crippen LogP contribution in [0.25, 0.3) is 0 Å². The van der Waals surface area contributed by atoms with Gasteiger partial charge in [0.15, 0.2) is 5.96 Å². The number of likely N-dealkylation sites (tertiary alicyclic amines) is 1. The summed E-state index contributed by atoms with van der Waals surface area (Å²) in [4.78, 5) is 18.4. The molecule has 2 rings (SSSR count). The minimum absolute atomic E-state index is 0. The summed E-state index contributed by atoms with van der Waals surface area (Å²) >= 11 is 0. The number of nitrogens with zero attached hydrogens (tertiary/aromatic N) is 2. The first-order chi connectivity index (χ1) is 10.7. The molecule has 1 aliphatic rings. The van der Waals surface area contributed by atoms with Crippen molar-refractivity contribution in [1.82, 2.24) is 10.2 Å². The van der Waals surface area contributed by atoms with Crippen LogP contribution in [-0.4, -0.2) is 50.1 Å². The number of methoxy groups -OCH3 is 1. The number of aliphatic imine (C=N–C) groups is 1. The van der Waals surface area contributed by atoms with Crippen LogP contribution in [0, 0.1) is 0 Å². The lowest BCUT2D eigenvalue weighted by atomic mass is 10.1. The molecule has 1 fully saturated rings. The Bertz CT molecular complexity index is 511. The molecule has 6 heteroatoms. The third kappa shape index (κ3) is 6.01. The van der Waals surface area contributed by atoms with Gasteiger partial charge in [-0.15, -0.1) is 24.0 Å². The number of nitrogens with one attached hydrogen (secondary N) is 1. The predicted octanol–water partition coefficient (Wildman–Crippen LogP) is 2.70. The molecule has 0 bridgehead atoms. The lowest BCUT2D eigenvalue weighted by molar-refractivity contribution is 0.0600. The number of carbonyl (C=O) groups is 1. The average Bonchev–Trinajstić information content (AvgIpc) is 3.08. The van der Waals surface area contributed by atoms with Crippen LogP contribution in [0.2, 0.25) is 0 Å². The maximum absolute atomic E-state index is 11.4. The first-order valence-corrected chi connectivity index (χ1v) is 7.95. The van der Waals surface area contributed by atoms with E-state index in [4.69, 9.17) is 9.73 Å². The SMILES string of the molecule is CCNC(=NCCc1ccc(C(=O)OC)cc1)N1CCCC1.I. The van der Waals surface area contributed by atoms with Gasteiger partial charge in [0.2, 0.25) is 0 Å². The van der Waals surface area contributed by atoms with Gasteiger partial charge in [0.1, 0.15) is 0 Å². The van der Waals surface area contributed by atoms with Crippen LogP contribution >= 0.6 is 24.0 Å². The largest absolute Gasteiger partial charge is 0.465 e. The lowest BCUT2D eigenvalue weighted by Gasteiger charge is -2.20. The Kier molecular flexibility index (Phi) is 8.98. The molecule has 0 amide bonds. The molecule has 1 aromatic rings. The fraction of sp³-hybridized carbons (Fsp3) is 0.529. The Labute approximate surface area is 155 Å². The van der Waals surface area contributed by atoms with Crippen molar-refractivity contribution in [3.8, 4) is 0 Å². The Morgan fingerprint density at radius 3 is 2.48 bits per heavy atom. The van der Waals surface area contributed by atoms with Crippen molar-refractivity contribution in [3.63, 3.8) is 0 Å². The minimum Gasteiger partial charge on any atom is -0.465 e. The number of rotatable bonds is 5. The second-order valence-corrected chi connectivity index (χ2v) is 5.37. The Balaban J connectivity index is 0.00000264. The van der Waals surface area contributed by atoms with Gasteiger partial charge >= 0.3 is 5.97 Å². The number of guanidine groups is 1. The Morgan fingerprint density at radius 1 is 1.26 bits per heavy atom. The standard InChI is InChI=1S/C17H25N3O2.HI/c1-3-18-17(20-12-4-5-13-20)19-11-10-14-6-8-15(9-7-14)16(21)22-2;/h6-9H,3-5,10-13H2,1-2H3,(H,18,19);1H. The highest BCUT2D eigenvalue weighted by atomic mass is 127. The topological polar surface area (TPSA) is 53.9 Å². The van der Waals surface area contributed by atoms with Gasteiger partial charge in [-0.05, 0) is 43.9 Å². The molecule has 0 radical (unpaired) electrons. The Morgan fingerprint density at radius 2 is 1.91 bits per heavy atom. The van der Waals surface area contributed by atoms with Gasteiger partial charge < -0.3 is 15.0 Å². The van der Waals surface area contributed by atoms with E-state index in [1.54, 1.807) is 12.1 Å². The van der Waals surface area contributed by atoms with Gasteiger partial charge in [0, 0.05) is 26.2 Å². The maximum Gasteiger partial charge on any atom is 0.337 e. The summed E-state index contributed by atoms with van der Waals surface area (Å²) in [7, 11) is 1.39. The molecule has 23 heavy (non-hydrogen) atoms. The summed E-state index contributed by atoms with van der Waals surface area (Å²) in [5.41, 5.74) is 1.76. The van der Waals surface area contributed by atoms with Gasteiger partial charge in [-0.25, -0.2) is 4.79 Å². The molecule has 0 atom stereocenters. The number of esters is 1. The van der Waals surface area contributed by atoms with Crippen molar-refractivity contribution in [2.75, 3.05) is 33.3 Å². The van der Waals surface area contributed by atoms with Crippen molar-refractivity contribution in [1.29, 1.82) is 0 Å². The average molecular weight is 431 g/mol. The van der Waals surface area contributed by atoms with E-state index >= 15 is 0 Å². The summed E-state index contributed by atoms with van der Waals surface area (Å²) in [6.45, 7) is 5.93. The number of hydrogen-bond donors (Lipinski definition) is 1. The second kappa shape index (κ2) is 10.5. The molecule has 0 aromatic heterocycles. The lowest BCUT2D eigenvalue weighted by Crippen LogP contribution is -2.39. The van der Waals surface area contributed by atoms with Gasteiger partial charge in [0.25, 0.3) is 0 Å².